The number of oxime groups is 1. The van der Waals surface area contributed by atoms with Gasteiger partial charge in [-0.15, -0.1) is 0 Å². The fourth-order valence-corrected chi connectivity index (χ4v) is 2.05. The molecule has 2 rings (SSSR count). The number of rotatable bonds is 2. The third-order valence-corrected chi connectivity index (χ3v) is 3.33. The van der Waals surface area contributed by atoms with Crippen LogP contribution in [-0.2, 0) is 4.84 Å². The van der Waals surface area contributed by atoms with Crippen molar-refractivity contribution in [1.82, 2.24) is 0 Å². The summed E-state index contributed by atoms with van der Waals surface area (Å²) in [4.78, 5) is 5.34. The summed E-state index contributed by atoms with van der Waals surface area (Å²) in [5.41, 5.74) is 1.60. The van der Waals surface area contributed by atoms with Gasteiger partial charge in [0.2, 0.25) is 0 Å². The minimum absolute atomic E-state index is 0.182. The van der Waals surface area contributed by atoms with E-state index in [2.05, 4.69) is 11.2 Å². The second-order valence-electron chi connectivity index (χ2n) is 4.62. The maximum absolute atomic E-state index is 8.75. The molecule has 0 saturated carbocycles. The standard InChI is InChI=1S/C13H13ClN2O/c1-13(2)11(7-8-15)17-16-12(13)9-3-5-10(14)6-4-9/h3-6,11H,7H2,1-2H3/t11-/m0/s1. The summed E-state index contributed by atoms with van der Waals surface area (Å²) in [5.74, 6) is 0. The highest BCUT2D eigenvalue weighted by molar-refractivity contribution is 6.30. The SMILES string of the molecule is CC1(C)C(c2ccc(Cl)cc2)=NO[C@H]1CC#N. The molecule has 0 saturated heterocycles. The van der Waals surface area contributed by atoms with Crippen molar-refractivity contribution in [3.63, 3.8) is 0 Å². The van der Waals surface area contributed by atoms with Gasteiger partial charge in [-0.2, -0.15) is 5.26 Å². The van der Waals surface area contributed by atoms with E-state index in [1.165, 1.54) is 0 Å². The van der Waals surface area contributed by atoms with Crippen molar-refractivity contribution in [2.45, 2.75) is 26.4 Å². The highest BCUT2D eigenvalue weighted by Crippen LogP contribution is 2.36. The van der Waals surface area contributed by atoms with Crippen LogP contribution in [0, 0.1) is 16.7 Å². The smallest absolute Gasteiger partial charge is 0.151 e. The molecular formula is C13H13ClN2O. The molecule has 0 fully saturated rings. The largest absolute Gasteiger partial charge is 0.390 e. The maximum atomic E-state index is 8.75. The third-order valence-electron chi connectivity index (χ3n) is 3.08. The molecule has 4 heteroatoms. The van der Waals surface area contributed by atoms with Gasteiger partial charge in [0.05, 0.1) is 23.6 Å². The molecule has 3 nitrogen and oxygen atoms in total. The van der Waals surface area contributed by atoms with Gasteiger partial charge < -0.3 is 4.84 Å². The highest BCUT2D eigenvalue weighted by Gasteiger charge is 2.42. The Balaban J connectivity index is 2.29. The lowest BCUT2D eigenvalue weighted by molar-refractivity contribution is 0.0403. The number of benzene rings is 1. The lowest BCUT2D eigenvalue weighted by Gasteiger charge is -2.24. The van der Waals surface area contributed by atoms with Crippen molar-refractivity contribution in [2.75, 3.05) is 0 Å². The quantitative estimate of drug-likeness (QED) is 0.805. The monoisotopic (exact) mass is 248 g/mol. The first-order chi connectivity index (χ1) is 8.05. The molecule has 1 aromatic carbocycles. The Bertz CT molecular complexity index is 485. The van der Waals surface area contributed by atoms with E-state index in [0.717, 1.165) is 11.3 Å². The number of nitrogens with zero attached hydrogens (tertiary/aromatic N) is 2. The molecule has 0 aromatic heterocycles. The Labute approximate surface area is 106 Å². The Morgan fingerprint density at radius 1 is 1.41 bits per heavy atom. The second kappa shape index (κ2) is 4.38. The minimum atomic E-state index is -0.260. The molecule has 1 aliphatic rings. The van der Waals surface area contributed by atoms with Crippen LogP contribution >= 0.6 is 11.6 Å². The number of halogens is 1. The van der Waals surface area contributed by atoms with Crippen LogP contribution in [0.1, 0.15) is 25.8 Å². The number of hydrogen-bond acceptors (Lipinski definition) is 3. The first kappa shape index (κ1) is 11.9. The van der Waals surface area contributed by atoms with Gasteiger partial charge in [0.15, 0.2) is 6.10 Å². The Morgan fingerprint density at radius 3 is 2.65 bits per heavy atom. The maximum Gasteiger partial charge on any atom is 0.151 e. The first-order valence-corrected chi connectivity index (χ1v) is 5.80. The first-order valence-electron chi connectivity index (χ1n) is 5.43. The van der Waals surface area contributed by atoms with Crippen LogP contribution in [0.3, 0.4) is 0 Å². The van der Waals surface area contributed by atoms with E-state index in [4.69, 9.17) is 21.7 Å². The van der Waals surface area contributed by atoms with E-state index in [1.807, 2.05) is 38.1 Å². The van der Waals surface area contributed by atoms with Crippen LogP contribution in [0.4, 0.5) is 0 Å². The van der Waals surface area contributed by atoms with E-state index in [-0.39, 0.29) is 11.5 Å². The van der Waals surface area contributed by atoms with Gasteiger partial charge in [-0.3, -0.25) is 0 Å². The molecule has 0 bridgehead atoms. The molecule has 1 aromatic rings. The average Bonchev–Trinajstić information content (AvgIpc) is 2.57. The minimum Gasteiger partial charge on any atom is -0.390 e. The topological polar surface area (TPSA) is 45.4 Å². The van der Waals surface area contributed by atoms with Gasteiger partial charge in [0.25, 0.3) is 0 Å². The lowest BCUT2D eigenvalue weighted by Crippen LogP contribution is -2.33. The van der Waals surface area contributed by atoms with Gasteiger partial charge in [-0.05, 0) is 12.1 Å². The molecule has 0 amide bonds. The zero-order valence-corrected chi connectivity index (χ0v) is 10.5. The summed E-state index contributed by atoms with van der Waals surface area (Å²) in [6.07, 6.45) is 0.159. The van der Waals surface area contributed by atoms with Crippen molar-refractivity contribution < 1.29 is 4.84 Å². The molecule has 1 aliphatic heterocycles. The van der Waals surface area contributed by atoms with Crippen LogP contribution in [0.15, 0.2) is 29.4 Å². The van der Waals surface area contributed by atoms with Crippen LogP contribution < -0.4 is 0 Å². The lowest BCUT2D eigenvalue weighted by atomic mass is 9.78. The van der Waals surface area contributed by atoms with Crippen molar-refractivity contribution in [2.24, 2.45) is 10.6 Å². The number of hydrogen-bond donors (Lipinski definition) is 0. The van der Waals surface area contributed by atoms with E-state index >= 15 is 0 Å². The predicted molar refractivity (Wildman–Crippen MR) is 66.9 cm³/mol. The van der Waals surface area contributed by atoms with Gasteiger partial charge in [0, 0.05) is 10.6 Å². The Kier molecular flexibility index (Phi) is 3.08. The third kappa shape index (κ3) is 2.13. The zero-order valence-electron chi connectivity index (χ0n) is 9.77. The molecule has 0 radical (unpaired) electrons. The Morgan fingerprint density at radius 2 is 2.06 bits per heavy atom. The van der Waals surface area contributed by atoms with Crippen LogP contribution in [0.5, 0.6) is 0 Å². The van der Waals surface area contributed by atoms with Crippen molar-refractivity contribution in [1.29, 1.82) is 5.26 Å². The average molecular weight is 249 g/mol. The molecular weight excluding hydrogens is 236 g/mol. The predicted octanol–water partition coefficient (Wildman–Crippen LogP) is 3.38. The molecule has 1 heterocycles. The summed E-state index contributed by atoms with van der Waals surface area (Å²) in [7, 11) is 0. The molecule has 0 aliphatic carbocycles. The van der Waals surface area contributed by atoms with Gasteiger partial charge in [-0.25, -0.2) is 0 Å². The molecule has 0 N–H and O–H groups in total. The fourth-order valence-electron chi connectivity index (χ4n) is 1.93. The normalized spacial score (nSPS) is 21.5. The van der Waals surface area contributed by atoms with Crippen LogP contribution in [0.25, 0.3) is 0 Å². The number of nitriles is 1. The molecule has 0 spiro atoms. The van der Waals surface area contributed by atoms with Crippen molar-refractivity contribution >= 4 is 17.3 Å². The summed E-state index contributed by atoms with van der Waals surface area (Å²) < 4.78 is 0. The summed E-state index contributed by atoms with van der Waals surface area (Å²) in [6, 6.07) is 9.62. The van der Waals surface area contributed by atoms with Crippen molar-refractivity contribution in [3.05, 3.63) is 34.9 Å². The zero-order chi connectivity index (χ0) is 12.5. The van der Waals surface area contributed by atoms with Crippen LogP contribution in [0.2, 0.25) is 5.02 Å². The molecule has 88 valence electrons. The van der Waals surface area contributed by atoms with E-state index in [1.54, 1.807) is 0 Å². The van der Waals surface area contributed by atoms with E-state index in [9.17, 15) is 0 Å². The molecule has 1 atom stereocenters. The van der Waals surface area contributed by atoms with Gasteiger partial charge in [0.1, 0.15) is 0 Å². The molecule has 0 unspecified atom stereocenters. The second-order valence-corrected chi connectivity index (χ2v) is 5.06. The van der Waals surface area contributed by atoms with Crippen LogP contribution in [-0.4, -0.2) is 11.8 Å². The van der Waals surface area contributed by atoms with Gasteiger partial charge in [-0.1, -0.05) is 42.7 Å². The summed E-state index contributed by atoms with van der Waals surface area (Å²) in [6.45, 7) is 4.07. The molecule has 17 heavy (non-hydrogen) atoms. The highest BCUT2D eigenvalue weighted by atomic mass is 35.5. The Hall–Kier alpha value is -1.53. The fraction of sp³-hybridized carbons (Fsp3) is 0.385. The van der Waals surface area contributed by atoms with Crippen molar-refractivity contribution in [3.8, 4) is 6.07 Å². The summed E-state index contributed by atoms with van der Waals surface area (Å²) in [5, 5.41) is 13.6. The summed E-state index contributed by atoms with van der Waals surface area (Å²) >= 11 is 5.85. The van der Waals surface area contributed by atoms with E-state index in [0.29, 0.717) is 11.4 Å². The van der Waals surface area contributed by atoms with Gasteiger partial charge >= 0.3 is 0 Å². The van der Waals surface area contributed by atoms with E-state index < -0.39 is 0 Å².